The quantitative estimate of drug-likeness (QED) is 0.740. The van der Waals surface area contributed by atoms with E-state index >= 15 is 0 Å². The van der Waals surface area contributed by atoms with Crippen LogP contribution in [0.4, 0.5) is 0 Å². The monoisotopic (exact) mass is 282 g/mol. The van der Waals surface area contributed by atoms with Gasteiger partial charge in [0.15, 0.2) is 0 Å². The zero-order valence-corrected chi connectivity index (χ0v) is 13.9. The van der Waals surface area contributed by atoms with Crippen molar-refractivity contribution in [2.45, 2.75) is 31.6 Å². The highest BCUT2D eigenvalue weighted by atomic mass is 29.3. The smallest absolute Gasteiger partial charge is 0.0669 e. The Labute approximate surface area is 118 Å². The van der Waals surface area contributed by atoms with E-state index in [1.165, 1.54) is 18.5 Å². The molecule has 98 valence electrons. The Bertz CT molecular complexity index is 500. The minimum atomic E-state index is -1.32. The van der Waals surface area contributed by atoms with Crippen molar-refractivity contribution >= 4 is 25.6 Å². The first kappa shape index (κ1) is 12.9. The summed E-state index contributed by atoms with van der Waals surface area (Å²) in [5.41, 5.74) is 0. The molecule has 1 heterocycles. The van der Waals surface area contributed by atoms with Crippen LogP contribution in [0.25, 0.3) is 0 Å². The predicted molar refractivity (Wildman–Crippen MR) is 89.6 cm³/mol. The molecule has 1 fully saturated rings. The number of hydrogen-bond donors (Lipinski definition) is 0. The van der Waals surface area contributed by atoms with Crippen LogP contribution in [0, 0.1) is 0 Å². The standard InChI is InChI=1S/C17H22Si2/c1-18(16-10-5-3-6-11-16)14-9-15-19(18,2)17-12-7-4-8-13-17/h3-8,10-13H,9,14-15H2,1-2H3. The molecule has 0 bridgehead atoms. The number of benzene rings is 2. The van der Waals surface area contributed by atoms with Gasteiger partial charge in [-0.15, -0.1) is 0 Å². The van der Waals surface area contributed by atoms with Crippen LogP contribution >= 0.6 is 0 Å². The lowest BCUT2D eigenvalue weighted by atomic mass is 10.4. The van der Waals surface area contributed by atoms with Gasteiger partial charge in [-0.05, 0) is 0 Å². The van der Waals surface area contributed by atoms with Crippen molar-refractivity contribution in [1.29, 1.82) is 0 Å². The average molecular weight is 283 g/mol. The molecule has 0 aromatic heterocycles. The van der Waals surface area contributed by atoms with Crippen molar-refractivity contribution in [3.05, 3.63) is 60.7 Å². The number of hydrogen-bond acceptors (Lipinski definition) is 0. The van der Waals surface area contributed by atoms with E-state index in [0.29, 0.717) is 0 Å². The highest BCUT2D eigenvalue weighted by Gasteiger charge is 2.53. The highest BCUT2D eigenvalue weighted by Crippen LogP contribution is 2.37. The molecule has 0 spiro atoms. The van der Waals surface area contributed by atoms with Gasteiger partial charge in [0.1, 0.15) is 0 Å². The Morgan fingerprint density at radius 1 is 0.632 bits per heavy atom. The molecule has 0 amide bonds. The second kappa shape index (κ2) is 4.76. The van der Waals surface area contributed by atoms with E-state index in [0.717, 1.165) is 0 Å². The summed E-state index contributed by atoms with van der Waals surface area (Å²) in [7, 11) is -2.64. The lowest BCUT2D eigenvalue weighted by Gasteiger charge is -2.39. The fourth-order valence-electron chi connectivity index (χ4n) is 3.89. The Kier molecular flexibility index (Phi) is 3.23. The van der Waals surface area contributed by atoms with Crippen LogP contribution in [-0.4, -0.2) is 15.2 Å². The van der Waals surface area contributed by atoms with Gasteiger partial charge in [0.05, 0.1) is 15.2 Å². The van der Waals surface area contributed by atoms with E-state index in [1.807, 2.05) is 0 Å². The zero-order valence-electron chi connectivity index (χ0n) is 11.9. The maximum absolute atomic E-state index is 2.65. The Balaban J connectivity index is 2.11. The second-order valence-corrected chi connectivity index (χ2v) is 20.4. The normalized spacial score (nSPS) is 30.4. The molecule has 2 aromatic rings. The molecule has 2 aromatic carbocycles. The van der Waals surface area contributed by atoms with E-state index < -0.39 is 15.2 Å². The van der Waals surface area contributed by atoms with Gasteiger partial charge in [0, 0.05) is 0 Å². The van der Waals surface area contributed by atoms with E-state index in [-0.39, 0.29) is 0 Å². The van der Waals surface area contributed by atoms with Crippen molar-refractivity contribution in [3.8, 4) is 0 Å². The summed E-state index contributed by atoms with van der Waals surface area (Å²) in [5, 5.41) is 3.37. The largest absolute Gasteiger partial charge is 0.0823 e. The summed E-state index contributed by atoms with van der Waals surface area (Å²) in [6.45, 7) is 5.29. The first-order valence-electron chi connectivity index (χ1n) is 7.28. The van der Waals surface area contributed by atoms with Crippen molar-refractivity contribution in [3.63, 3.8) is 0 Å². The third kappa shape index (κ3) is 1.94. The molecule has 0 nitrogen and oxygen atoms in total. The summed E-state index contributed by atoms with van der Waals surface area (Å²) in [4.78, 5) is 0. The number of rotatable bonds is 2. The zero-order chi connectivity index (χ0) is 13.3. The molecule has 0 N–H and O–H groups in total. The van der Waals surface area contributed by atoms with E-state index in [4.69, 9.17) is 0 Å². The predicted octanol–water partition coefficient (Wildman–Crippen LogP) is 3.44. The molecule has 1 saturated heterocycles. The maximum atomic E-state index is 2.65. The molecule has 2 heteroatoms. The van der Waals surface area contributed by atoms with Gasteiger partial charge in [-0.25, -0.2) is 0 Å². The minimum Gasteiger partial charge on any atom is -0.0669 e. The van der Waals surface area contributed by atoms with Gasteiger partial charge in [-0.3, -0.25) is 0 Å². The van der Waals surface area contributed by atoms with E-state index in [9.17, 15) is 0 Å². The molecule has 19 heavy (non-hydrogen) atoms. The fraction of sp³-hybridized carbons (Fsp3) is 0.294. The Hall–Kier alpha value is -1.13. The second-order valence-electron chi connectivity index (χ2n) is 6.25. The third-order valence-corrected chi connectivity index (χ3v) is 24.3. The van der Waals surface area contributed by atoms with Crippen LogP contribution in [0.1, 0.15) is 6.42 Å². The highest BCUT2D eigenvalue weighted by molar-refractivity contribution is 7.51. The summed E-state index contributed by atoms with van der Waals surface area (Å²) in [6.07, 6.45) is 1.44. The van der Waals surface area contributed by atoms with Crippen LogP contribution in [0.2, 0.25) is 25.2 Å². The van der Waals surface area contributed by atoms with Crippen LogP contribution in [0.3, 0.4) is 0 Å². The Morgan fingerprint density at radius 2 is 1.00 bits per heavy atom. The fourth-order valence-corrected chi connectivity index (χ4v) is 20.0. The van der Waals surface area contributed by atoms with Gasteiger partial charge < -0.3 is 0 Å². The summed E-state index contributed by atoms with van der Waals surface area (Å²) in [6, 6.07) is 25.8. The van der Waals surface area contributed by atoms with E-state index in [1.54, 1.807) is 10.4 Å². The topological polar surface area (TPSA) is 0 Å². The summed E-state index contributed by atoms with van der Waals surface area (Å²) >= 11 is 0. The molecule has 3 rings (SSSR count). The third-order valence-electron chi connectivity index (χ3n) is 5.39. The van der Waals surface area contributed by atoms with Crippen molar-refractivity contribution in [2.24, 2.45) is 0 Å². The Morgan fingerprint density at radius 3 is 1.37 bits per heavy atom. The van der Waals surface area contributed by atoms with E-state index in [2.05, 4.69) is 73.8 Å². The van der Waals surface area contributed by atoms with Crippen LogP contribution in [-0.2, 0) is 0 Å². The van der Waals surface area contributed by atoms with Gasteiger partial charge >= 0.3 is 0 Å². The first-order valence-corrected chi connectivity index (χ1v) is 13.7. The molecular formula is C17H22Si2. The molecule has 0 aliphatic carbocycles. The molecular weight excluding hydrogens is 260 g/mol. The maximum Gasteiger partial charge on any atom is 0.0823 e. The van der Waals surface area contributed by atoms with Crippen molar-refractivity contribution < 1.29 is 0 Å². The van der Waals surface area contributed by atoms with Gasteiger partial charge in [-0.1, -0.05) is 103 Å². The first-order chi connectivity index (χ1) is 9.17. The van der Waals surface area contributed by atoms with Gasteiger partial charge in [-0.2, -0.15) is 0 Å². The molecule has 1 aliphatic rings. The summed E-state index contributed by atoms with van der Waals surface area (Å²) in [5.74, 6) is 0. The average Bonchev–Trinajstić information content (AvgIpc) is 2.79. The lowest BCUT2D eigenvalue weighted by molar-refractivity contribution is 1.08. The minimum absolute atomic E-state index is 1.32. The molecule has 0 saturated carbocycles. The van der Waals surface area contributed by atoms with Crippen LogP contribution < -0.4 is 10.4 Å². The SMILES string of the molecule is C[Si]1(c2ccccc2)CCC[Si]1(C)c1ccccc1. The van der Waals surface area contributed by atoms with Gasteiger partial charge in [0.2, 0.25) is 0 Å². The van der Waals surface area contributed by atoms with Crippen LogP contribution in [0.5, 0.6) is 0 Å². The summed E-state index contributed by atoms with van der Waals surface area (Å²) < 4.78 is 0. The lowest BCUT2D eigenvalue weighted by Crippen LogP contribution is -2.69. The van der Waals surface area contributed by atoms with Crippen molar-refractivity contribution in [1.82, 2.24) is 0 Å². The molecule has 2 atom stereocenters. The molecule has 2 unspecified atom stereocenters. The van der Waals surface area contributed by atoms with Crippen LogP contribution in [0.15, 0.2) is 60.7 Å². The van der Waals surface area contributed by atoms with Crippen molar-refractivity contribution in [2.75, 3.05) is 0 Å². The molecule has 1 aliphatic heterocycles. The van der Waals surface area contributed by atoms with Gasteiger partial charge in [0.25, 0.3) is 0 Å². The molecule has 0 radical (unpaired) electrons.